The first-order valence-electron chi connectivity index (χ1n) is 10.8. The van der Waals surface area contributed by atoms with Crippen molar-refractivity contribution in [2.75, 3.05) is 0 Å². The molecule has 1 aromatic heterocycles. The number of rotatable bonds is 1. The highest BCUT2D eigenvalue weighted by Crippen LogP contribution is 2.66. The molecule has 0 aliphatic heterocycles. The zero-order valence-corrected chi connectivity index (χ0v) is 16.2. The molecule has 4 nitrogen and oxygen atoms in total. The highest BCUT2D eigenvalue weighted by atomic mass is 16.3. The Morgan fingerprint density at radius 2 is 1.81 bits per heavy atom. The van der Waals surface area contributed by atoms with Gasteiger partial charge in [0.1, 0.15) is 0 Å². The van der Waals surface area contributed by atoms with E-state index in [0.717, 1.165) is 31.1 Å². The van der Waals surface area contributed by atoms with E-state index in [1.165, 1.54) is 32.1 Å². The van der Waals surface area contributed by atoms with E-state index in [-0.39, 0.29) is 23.7 Å². The van der Waals surface area contributed by atoms with Crippen molar-refractivity contribution in [2.45, 2.75) is 83.5 Å². The molecule has 5 rings (SSSR count). The number of nitrogens with zero attached hydrogens (tertiary/aromatic N) is 2. The van der Waals surface area contributed by atoms with Gasteiger partial charge in [-0.3, -0.25) is 4.68 Å². The lowest BCUT2D eigenvalue weighted by molar-refractivity contribution is -0.146. The first kappa shape index (κ1) is 17.2. The van der Waals surface area contributed by atoms with Crippen LogP contribution in [-0.4, -0.2) is 32.2 Å². The van der Waals surface area contributed by atoms with Crippen molar-refractivity contribution in [3.8, 4) is 0 Å². The molecule has 0 aromatic carbocycles. The molecule has 144 valence electrons. The third-order valence-corrected chi connectivity index (χ3v) is 9.50. The number of aliphatic hydroxyl groups is 2. The van der Waals surface area contributed by atoms with Crippen LogP contribution in [0, 0.1) is 34.5 Å². The van der Waals surface area contributed by atoms with Crippen LogP contribution in [0.3, 0.4) is 0 Å². The molecule has 0 amide bonds. The fourth-order valence-corrected chi connectivity index (χ4v) is 7.99. The topological polar surface area (TPSA) is 58.3 Å². The summed E-state index contributed by atoms with van der Waals surface area (Å²) in [6.07, 6.45) is 12.7. The molecule has 4 heteroatoms. The number of hydrogen-bond acceptors (Lipinski definition) is 3. The Balaban J connectivity index is 1.46. The average molecular weight is 359 g/mol. The largest absolute Gasteiger partial charge is 0.393 e. The van der Waals surface area contributed by atoms with Crippen LogP contribution in [0.1, 0.15) is 71.3 Å². The maximum Gasteiger partial charge on any atom is 0.0783 e. The minimum Gasteiger partial charge on any atom is -0.393 e. The van der Waals surface area contributed by atoms with E-state index in [4.69, 9.17) is 0 Å². The molecule has 2 N–H and O–H groups in total. The quantitative estimate of drug-likeness (QED) is 0.803. The SMILES string of the molecule is C[C@]12C[C@H](n3cccn3)[C@@H](O)C[C@@H]1CC[C@@H]1[C@@H]2CC[C@]2(C)[C@@H](O)CC[C@@H]12. The molecule has 0 spiro atoms. The van der Waals surface area contributed by atoms with Crippen molar-refractivity contribution >= 4 is 0 Å². The zero-order valence-electron chi connectivity index (χ0n) is 16.2. The van der Waals surface area contributed by atoms with E-state index < -0.39 is 0 Å². The Morgan fingerprint density at radius 3 is 2.58 bits per heavy atom. The molecular formula is C22H34N2O2. The molecule has 0 unspecified atom stereocenters. The highest BCUT2D eigenvalue weighted by Gasteiger charge is 2.61. The molecule has 9 atom stereocenters. The van der Waals surface area contributed by atoms with Crippen LogP contribution >= 0.6 is 0 Å². The summed E-state index contributed by atoms with van der Waals surface area (Å²) in [4.78, 5) is 0. The van der Waals surface area contributed by atoms with Gasteiger partial charge in [0, 0.05) is 12.4 Å². The molecular weight excluding hydrogens is 324 g/mol. The van der Waals surface area contributed by atoms with Gasteiger partial charge in [0.2, 0.25) is 0 Å². The second-order valence-corrected chi connectivity index (χ2v) is 10.4. The van der Waals surface area contributed by atoms with Gasteiger partial charge in [-0.25, -0.2) is 0 Å². The molecule has 4 aliphatic rings. The predicted molar refractivity (Wildman–Crippen MR) is 100 cm³/mol. The lowest BCUT2D eigenvalue weighted by Gasteiger charge is -2.61. The van der Waals surface area contributed by atoms with Crippen molar-refractivity contribution < 1.29 is 10.2 Å². The van der Waals surface area contributed by atoms with Crippen molar-refractivity contribution in [3.05, 3.63) is 18.5 Å². The molecule has 0 saturated heterocycles. The van der Waals surface area contributed by atoms with Gasteiger partial charge < -0.3 is 10.2 Å². The summed E-state index contributed by atoms with van der Waals surface area (Å²) in [7, 11) is 0. The Hall–Kier alpha value is -0.870. The molecule has 0 bridgehead atoms. The predicted octanol–water partition coefficient (Wildman–Crippen LogP) is 3.80. The van der Waals surface area contributed by atoms with E-state index in [1.54, 1.807) is 0 Å². The molecule has 4 fully saturated rings. The number of hydrogen-bond donors (Lipinski definition) is 2. The van der Waals surface area contributed by atoms with E-state index >= 15 is 0 Å². The average Bonchev–Trinajstić information content (AvgIpc) is 3.24. The summed E-state index contributed by atoms with van der Waals surface area (Å²) >= 11 is 0. The monoisotopic (exact) mass is 358 g/mol. The van der Waals surface area contributed by atoms with Gasteiger partial charge >= 0.3 is 0 Å². The third kappa shape index (κ3) is 2.24. The van der Waals surface area contributed by atoms with E-state index in [1.807, 2.05) is 23.1 Å². The summed E-state index contributed by atoms with van der Waals surface area (Å²) < 4.78 is 2.00. The van der Waals surface area contributed by atoms with Crippen LogP contribution in [0.4, 0.5) is 0 Å². The summed E-state index contributed by atoms with van der Waals surface area (Å²) in [5.41, 5.74) is 0.452. The second kappa shape index (κ2) is 5.81. The second-order valence-electron chi connectivity index (χ2n) is 10.4. The van der Waals surface area contributed by atoms with Gasteiger partial charge in [-0.15, -0.1) is 0 Å². The Kier molecular flexibility index (Phi) is 3.85. The van der Waals surface area contributed by atoms with Gasteiger partial charge in [0.15, 0.2) is 0 Å². The smallest absolute Gasteiger partial charge is 0.0783 e. The number of aliphatic hydroxyl groups excluding tert-OH is 2. The first-order valence-corrected chi connectivity index (χ1v) is 10.8. The normalized spacial score (nSPS) is 53.6. The van der Waals surface area contributed by atoms with Crippen LogP contribution in [0.5, 0.6) is 0 Å². The van der Waals surface area contributed by atoms with Crippen molar-refractivity contribution in [1.29, 1.82) is 0 Å². The lowest BCUT2D eigenvalue weighted by atomic mass is 9.44. The number of fused-ring (bicyclic) bond motifs is 5. The van der Waals surface area contributed by atoms with Crippen LogP contribution < -0.4 is 0 Å². The van der Waals surface area contributed by atoms with Gasteiger partial charge in [-0.1, -0.05) is 13.8 Å². The maximum atomic E-state index is 10.8. The van der Waals surface area contributed by atoms with E-state index in [2.05, 4.69) is 18.9 Å². The fourth-order valence-electron chi connectivity index (χ4n) is 7.99. The summed E-state index contributed by atoms with van der Waals surface area (Å²) in [5, 5.41) is 25.9. The van der Waals surface area contributed by atoms with Crippen LogP contribution in [0.2, 0.25) is 0 Å². The molecule has 1 aromatic rings. The van der Waals surface area contributed by atoms with E-state index in [0.29, 0.717) is 17.3 Å². The summed E-state index contributed by atoms with van der Waals surface area (Å²) in [5.74, 6) is 2.85. The van der Waals surface area contributed by atoms with Gasteiger partial charge in [0.05, 0.1) is 18.2 Å². The summed E-state index contributed by atoms with van der Waals surface area (Å²) in [6.45, 7) is 4.88. The van der Waals surface area contributed by atoms with Gasteiger partial charge in [-0.2, -0.15) is 5.10 Å². The standard InChI is InChI=1S/C22H34N2O2/c1-21-9-8-17-15(16(21)6-7-20(21)26)5-4-14-12-19(25)18(13-22(14,17)2)24-11-3-10-23-24/h3,10-11,14-20,25-26H,4-9,12-13H2,1-2H3/t14-,15-,16-,17-,18-,19-,20-,21-,22-/m0/s1. The Bertz CT molecular complexity index is 661. The van der Waals surface area contributed by atoms with E-state index in [9.17, 15) is 10.2 Å². The molecule has 1 heterocycles. The van der Waals surface area contributed by atoms with Crippen LogP contribution in [-0.2, 0) is 0 Å². The maximum absolute atomic E-state index is 10.8. The van der Waals surface area contributed by atoms with Gasteiger partial charge in [0.25, 0.3) is 0 Å². The summed E-state index contributed by atoms with van der Waals surface area (Å²) in [6, 6.07) is 2.09. The minimum atomic E-state index is -0.272. The molecule has 4 aliphatic carbocycles. The highest BCUT2D eigenvalue weighted by molar-refractivity contribution is 5.10. The third-order valence-electron chi connectivity index (χ3n) is 9.50. The fraction of sp³-hybridized carbons (Fsp3) is 0.864. The Labute approximate surface area is 157 Å². The minimum absolute atomic E-state index is 0.0935. The molecule has 26 heavy (non-hydrogen) atoms. The first-order chi connectivity index (χ1) is 12.4. The van der Waals surface area contributed by atoms with Gasteiger partial charge in [-0.05, 0) is 91.9 Å². The van der Waals surface area contributed by atoms with Crippen LogP contribution in [0.25, 0.3) is 0 Å². The van der Waals surface area contributed by atoms with Crippen molar-refractivity contribution in [3.63, 3.8) is 0 Å². The lowest BCUT2D eigenvalue weighted by Crippen LogP contribution is -2.56. The van der Waals surface area contributed by atoms with Crippen LogP contribution in [0.15, 0.2) is 18.5 Å². The Morgan fingerprint density at radius 1 is 1.00 bits per heavy atom. The number of aromatic nitrogens is 2. The zero-order chi connectivity index (χ0) is 18.1. The van der Waals surface area contributed by atoms with Crippen molar-refractivity contribution in [1.82, 2.24) is 9.78 Å². The molecule has 0 radical (unpaired) electrons. The molecule has 4 saturated carbocycles. The van der Waals surface area contributed by atoms with Crippen molar-refractivity contribution in [2.24, 2.45) is 34.5 Å².